The normalized spacial score (nSPS) is 24.2. The monoisotopic (exact) mass is 531 g/mol. The molecule has 196 valence electrons. The van der Waals surface area contributed by atoms with Gasteiger partial charge < -0.3 is 25.0 Å². The third kappa shape index (κ3) is 4.38. The van der Waals surface area contributed by atoms with E-state index >= 15 is 0 Å². The maximum atomic E-state index is 13.5. The van der Waals surface area contributed by atoms with Crippen LogP contribution in [0.5, 0.6) is 11.5 Å². The lowest BCUT2D eigenvalue weighted by Gasteiger charge is -2.35. The Hall–Kier alpha value is -3.60. The van der Waals surface area contributed by atoms with E-state index < -0.39 is 11.3 Å². The van der Waals surface area contributed by atoms with Crippen LogP contribution in [-0.2, 0) is 9.53 Å². The van der Waals surface area contributed by atoms with Gasteiger partial charge in [0.1, 0.15) is 21.8 Å². The van der Waals surface area contributed by atoms with Crippen molar-refractivity contribution >= 4 is 35.1 Å². The minimum atomic E-state index is -0.518. The molecule has 3 amide bonds. The van der Waals surface area contributed by atoms with Gasteiger partial charge in [0.05, 0.1) is 29.6 Å². The summed E-state index contributed by atoms with van der Waals surface area (Å²) in [4.78, 5) is 35.3. The van der Waals surface area contributed by atoms with E-state index in [1.807, 2.05) is 68.6 Å². The van der Waals surface area contributed by atoms with Crippen LogP contribution in [0.25, 0.3) is 0 Å². The van der Waals surface area contributed by atoms with Crippen LogP contribution in [0.15, 0.2) is 65.8 Å². The van der Waals surface area contributed by atoms with Gasteiger partial charge >= 0.3 is 6.03 Å². The Morgan fingerprint density at radius 3 is 2.68 bits per heavy atom. The Labute approximate surface area is 225 Å². The highest BCUT2D eigenvalue weighted by atomic mass is 32.2. The Kier molecular flexibility index (Phi) is 6.46. The highest BCUT2D eigenvalue weighted by Gasteiger charge is 2.47. The van der Waals surface area contributed by atoms with Crippen molar-refractivity contribution < 1.29 is 19.1 Å². The molecule has 1 aromatic heterocycles. The fraction of sp³-hybridized carbons (Fsp3) is 0.321. The molecule has 4 heterocycles. The van der Waals surface area contributed by atoms with Crippen molar-refractivity contribution in [2.45, 2.75) is 35.4 Å². The zero-order chi connectivity index (χ0) is 26.4. The fourth-order valence-electron chi connectivity index (χ4n) is 5.44. The van der Waals surface area contributed by atoms with Crippen molar-refractivity contribution in [3.63, 3.8) is 0 Å². The van der Waals surface area contributed by atoms with Gasteiger partial charge in [-0.15, -0.1) is 0 Å². The van der Waals surface area contributed by atoms with Gasteiger partial charge in [-0.05, 0) is 55.9 Å². The largest absolute Gasteiger partial charge is 0.457 e. The summed E-state index contributed by atoms with van der Waals surface area (Å²) in [5.74, 6) is 1.30. The van der Waals surface area contributed by atoms with Gasteiger partial charge in [-0.2, -0.15) is 0 Å². The molecular weight excluding hydrogens is 502 g/mol. The first-order valence-electron chi connectivity index (χ1n) is 12.5. The molecule has 6 rings (SSSR count). The summed E-state index contributed by atoms with van der Waals surface area (Å²) in [5.41, 5.74) is 3.23. The molecule has 10 heteroatoms. The number of para-hydroxylation sites is 1. The molecule has 1 fully saturated rings. The molecule has 2 N–H and O–H groups in total. The summed E-state index contributed by atoms with van der Waals surface area (Å²) in [7, 11) is 3.67. The SMILES string of the molecule is CO[C@H]1CN(C)C[C@@H]1NC(=O)C1Sc2nccc3c2C1NC(=O)N3c1ccc(Oc2ccccc2)cc1C. The number of rotatable bonds is 6. The number of hydrogen-bond acceptors (Lipinski definition) is 7. The molecule has 4 atom stereocenters. The number of carbonyl (C=O) groups excluding carboxylic acids is 2. The molecule has 3 aromatic rings. The van der Waals surface area contributed by atoms with Gasteiger partial charge in [0, 0.05) is 32.0 Å². The summed E-state index contributed by atoms with van der Waals surface area (Å²) in [5, 5.41) is 6.48. The number of amides is 3. The Balaban J connectivity index is 1.26. The quantitative estimate of drug-likeness (QED) is 0.496. The number of aromatic nitrogens is 1. The first kappa shape index (κ1) is 24.7. The number of nitrogens with one attached hydrogen (secondary N) is 2. The second kappa shape index (κ2) is 9.94. The van der Waals surface area contributed by atoms with Crippen molar-refractivity contribution in [1.82, 2.24) is 20.5 Å². The second-order valence-electron chi connectivity index (χ2n) is 9.82. The average Bonchev–Trinajstić information content (AvgIpc) is 3.46. The minimum Gasteiger partial charge on any atom is -0.457 e. The number of carbonyl (C=O) groups is 2. The lowest BCUT2D eigenvalue weighted by molar-refractivity contribution is -0.122. The van der Waals surface area contributed by atoms with Gasteiger partial charge in [0.15, 0.2) is 0 Å². The number of pyridine rings is 1. The zero-order valence-electron chi connectivity index (χ0n) is 21.4. The number of hydrogen-bond donors (Lipinski definition) is 2. The van der Waals surface area contributed by atoms with E-state index in [1.165, 1.54) is 11.8 Å². The first-order valence-corrected chi connectivity index (χ1v) is 13.4. The molecule has 3 aliphatic rings. The van der Waals surface area contributed by atoms with Crippen LogP contribution in [-0.4, -0.2) is 66.5 Å². The third-order valence-corrected chi connectivity index (χ3v) is 8.52. The van der Waals surface area contributed by atoms with Crippen molar-refractivity contribution in [2.24, 2.45) is 0 Å². The predicted molar refractivity (Wildman–Crippen MR) is 145 cm³/mol. The van der Waals surface area contributed by atoms with E-state index in [9.17, 15) is 9.59 Å². The minimum absolute atomic E-state index is 0.0697. The van der Waals surface area contributed by atoms with Gasteiger partial charge in [0.25, 0.3) is 0 Å². The summed E-state index contributed by atoms with van der Waals surface area (Å²) in [6.07, 6.45) is 1.62. The number of benzene rings is 2. The molecular formula is C28H29N5O4S. The number of likely N-dealkylation sites (tertiary alicyclic amines) is 1. The van der Waals surface area contributed by atoms with Gasteiger partial charge in [-0.3, -0.25) is 9.69 Å². The number of methoxy groups -OCH3 is 1. The molecule has 1 saturated heterocycles. The number of ether oxygens (including phenoxy) is 2. The number of thioether (sulfide) groups is 1. The lowest BCUT2D eigenvalue weighted by atomic mass is 9.99. The smallest absolute Gasteiger partial charge is 0.327 e. The molecule has 2 unspecified atom stereocenters. The number of urea groups is 1. The topological polar surface area (TPSA) is 96.0 Å². The fourth-order valence-corrected chi connectivity index (χ4v) is 6.67. The highest BCUT2D eigenvalue weighted by Crippen LogP contribution is 2.51. The summed E-state index contributed by atoms with van der Waals surface area (Å²) >= 11 is 1.39. The van der Waals surface area contributed by atoms with Crippen LogP contribution < -0.4 is 20.3 Å². The molecule has 3 aliphatic heterocycles. The number of anilines is 2. The lowest BCUT2D eigenvalue weighted by Crippen LogP contribution is -2.52. The van der Waals surface area contributed by atoms with Crippen molar-refractivity contribution in [3.8, 4) is 11.5 Å². The van der Waals surface area contributed by atoms with E-state index in [4.69, 9.17) is 9.47 Å². The molecule has 0 aliphatic carbocycles. The standard InChI is InChI=1S/C28H29N5O4S/c1-16-13-18(37-17-7-5-4-6-8-17)9-10-20(16)33-21-11-12-29-27-23(21)24(31-28(33)35)25(38-27)26(34)30-19-14-32(2)15-22(19)36-3/h4-13,19,22,24-25H,14-15H2,1-3H3,(H,30,34)(H,31,35)/t19-,22-,24?,25?/m0/s1. The summed E-state index contributed by atoms with van der Waals surface area (Å²) < 4.78 is 11.5. The van der Waals surface area contributed by atoms with Crippen LogP contribution >= 0.6 is 11.8 Å². The molecule has 0 radical (unpaired) electrons. The Morgan fingerprint density at radius 2 is 1.92 bits per heavy atom. The van der Waals surface area contributed by atoms with E-state index in [2.05, 4.69) is 20.5 Å². The van der Waals surface area contributed by atoms with Crippen LogP contribution in [0.3, 0.4) is 0 Å². The average molecular weight is 532 g/mol. The van der Waals surface area contributed by atoms with Crippen LogP contribution in [0.4, 0.5) is 16.2 Å². The van der Waals surface area contributed by atoms with Crippen molar-refractivity contribution in [3.05, 3.63) is 71.9 Å². The third-order valence-electron chi connectivity index (χ3n) is 7.23. The van der Waals surface area contributed by atoms with Crippen LogP contribution in [0.2, 0.25) is 0 Å². The number of likely N-dealkylation sites (N-methyl/N-ethyl adjacent to an activating group) is 1. The van der Waals surface area contributed by atoms with Gasteiger partial charge in [0.2, 0.25) is 5.91 Å². The maximum absolute atomic E-state index is 13.5. The molecule has 2 aromatic carbocycles. The highest BCUT2D eigenvalue weighted by molar-refractivity contribution is 8.01. The first-order chi connectivity index (χ1) is 18.4. The molecule has 9 nitrogen and oxygen atoms in total. The molecule has 0 saturated carbocycles. The number of aryl methyl sites for hydroxylation is 1. The summed E-state index contributed by atoms with van der Waals surface area (Å²) in [6.45, 7) is 3.42. The van der Waals surface area contributed by atoms with Gasteiger partial charge in [-0.1, -0.05) is 30.0 Å². The van der Waals surface area contributed by atoms with Gasteiger partial charge in [-0.25, -0.2) is 9.78 Å². The molecule has 38 heavy (non-hydrogen) atoms. The van der Waals surface area contributed by atoms with E-state index in [-0.39, 0.29) is 24.1 Å². The van der Waals surface area contributed by atoms with E-state index in [0.717, 1.165) is 39.8 Å². The Morgan fingerprint density at radius 1 is 1.11 bits per heavy atom. The second-order valence-corrected chi connectivity index (χ2v) is 11.0. The number of nitrogens with zero attached hydrogens (tertiary/aromatic N) is 3. The molecule has 0 bridgehead atoms. The Bertz CT molecular complexity index is 1390. The van der Waals surface area contributed by atoms with E-state index in [1.54, 1.807) is 18.2 Å². The predicted octanol–water partition coefficient (Wildman–Crippen LogP) is 4.00. The molecule has 0 spiro atoms. The van der Waals surface area contributed by atoms with Crippen LogP contribution in [0.1, 0.15) is 17.2 Å². The van der Waals surface area contributed by atoms with Crippen molar-refractivity contribution in [1.29, 1.82) is 0 Å². The van der Waals surface area contributed by atoms with Crippen molar-refractivity contribution in [2.75, 3.05) is 32.1 Å². The summed E-state index contributed by atoms with van der Waals surface area (Å²) in [6, 6.07) is 16.2. The zero-order valence-corrected chi connectivity index (χ0v) is 22.2. The van der Waals surface area contributed by atoms with E-state index in [0.29, 0.717) is 12.3 Å². The maximum Gasteiger partial charge on any atom is 0.327 e. The van der Waals surface area contributed by atoms with Crippen LogP contribution in [0, 0.1) is 6.92 Å².